The van der Waals surface area contributed by atoms with Gasteiger partial charge in [-0.15, -0.1) is 0 Å². The fraction of sp³-hybridized carbons (Fsp3) is 0.667. The predicted octanol–water partition coefficient (Wildman–Crippen LogP) is 3.16. The van der Waals surface area contributed by atoms with Crippen LogP contribution in [0.5, 0.6) is 5.75 Å². The lowest BCUT2D eigenvalue weighted by Gasteiger charge is -2.42. The molecule has 2 N–H and O–H groups in total. The number of rotatable bonds is 4. The standard InChI is InChI=1S/C18H25F4N3O/c19-13-1-6-17(26-12-18(20,21)22)16(11-13)25-9-7-24(8-10-25)15-4-2-14(23)3-5-15/h1,6,11,14-15H,2-5,7-10,12,23H2. The molecule has 0 radical (unpaired) electrons. The fourth-order valence-electron chi connectivity index (χ4n) is 3.81. The van der Waals surface area contributed by atoms with Crippen molar-refractivity contribution >= 4 is 5.69 Å². The predicted molar refractivity (Wildman–Crippen MR) is 92.0 cm³/mol. The molecular formula is C18H25F4N3O. The average molecular weight is 375 g/mol. The van der Waals surface area contributed by atoms with Crippen molar-refractivity contribution in [2.45, 2.75) is 43.9 Å². The van der Waals surface area contributed by atoms with Gasteiger partial charge < -0.3 is 15.4 Å². The first-order valence-electron chi connectivity index (χ1n) is 9.05. The molecule has 26 heavy (non-hydrogen) atoms. The third-order valence-electron chi connectivity index (χ3n) is 5.23. The highest BCUT2D eigenvalue weighted by Gasteiger charge is 2.31. The van der Waals surface area contributed by atoms with Crippen LogP contribution >= 0.6 is 0 Å². The summed E-state index contributed by atoms with van der Waals surface area (Å²) < 4.78 is 55.9. The maximum absolute atomic E-state index is 13.7. The van der Waals surface area contributed by atoms with Crippen LogP contribution in [-0.4, -0.2) is 55.9 Å². The number of ether oxygens (including phenoxy) is 1. The minimum absolute atomic E-state index is 0.0702. The second-order valence-corrected chi connectivity index (χ2v) is 7.11. The molecule has 4 nitrogen and oxygen atoms in total. The van der Waals surface area contributed by atoms with Crippen LogP contribution in [0.15, 0.2) is 18.2 Å². The summed E-state index contributed by atoms with van der Waals surface area (Å²) in [7, 11) is 0. The molecule has 146 valence electrons. The van der Waals surface area contributed by atoms with Gasteiger partial charge in [-0.2, -0.15) is 13.2 Å². The molecule has 1 saturated heterocycles. The number of piperazine rings is 1. The van der Waals surface area contributed by atoms with E-state index in [9.17, 15) is 17.6 Å². The highest BCUT2D eigenvalue weighted by atomic mass is 19.4. The number of halogens is 4. The van der Waals surface area contributed by atoms with Crippen LogP contribution in [0.3, 0.4) is 0 Å². The van der Waals surface area contributed by atoms with E-state index < -0.39 is 18.6 Å². The van der Waals surface area contributed by atoms with Crippen molar-refractivity contribution in [2.75, 3.05) is 37.7 Å². The summed E-state index contributed by atoms with van der Waals surface area (Å²) in [6, 6.07) is 4.46. The number of hydrogen-bond acceptors (Lipinski definition) is 4. The summed E-state index contributed by atoms with van der Waals surface area (Å²) in [6.07, 6.45) is -0.192. The molecule has 2 fully saturated rings. The van der Waals surface area contributed by atoms with Gasteiger partial charge >= 0.3 is 6.18 Å². The molecule has 0 bridgehead atoms. The van der Waals surface area contributed by atoms with E-state index in [-0.39, 0.29) is 5.75 Å². The molecule has 0 aromatic heterocycles. The van der Waals surface area contributed by atoms with Crippen LogP contribution < -0.4 is 15.4 Å². The number of nitrogens with zero attached hydrogens (tertiary/aromatic N) is 2. The van der Waals surface area contributed by atoms with E-state index in [0.29, 0.717) is 30.9 Å². The molecule has 1 aliphatic heterocycles. The smallest absolute Gasteiger partial charge is 0.422 e. The number of anilines is 1. The van der Waals surface area contributed by atoms with E-state index in [1.54, 1.807) is 0 Å². The van der Waals surface area contributed by atoms with Crippen LogP contribution in [0.1, 0.15) is 25.7 Å². The van der Waals surface area contributed by atoms with E-state index in [4.69, 9.17) is 10.5 Å². The van der Waals surface area contributed by atoms with Crippen molar-refractivity contribution in [1.82, 2.24) is 4.90 Å². The molecule has 1 aromatic carbocycles. The summed E-state index contributed by atoms with van der Waals surface area (Å²) in [5.41, 5.74) is 6.35. The van der Waals surface area contributed by atoms with Crippen LogP contribution in [0, 0.1) is 5.82 Å². The number of nitrogens with two attached hydrogens (primary N) is 1. The fourth-order valence-corrected chi connectivity index (χ4v) is 3.81. The molecular weight excluding hydrogens is 350 g/mol. The molecule has 0 spiro atoms. The highest BCUT2D eigenvalue weighted by molar-refractivity contribution is 5.59. The number of alkyl halides is 3. The SMILES string of the molecule is NC1CCC(N2CCN(c3cc(F)ccc3OCC(F)(F)F)CC2)CC1. The summed E-state index contributed by atoms with van der Waals surface area (Å²) in [4.78, 5) is 4.32. The Morgan fingerprint density at radius 1 is 1.04 bits per heavy atom. The zero-order chi connectivity index (χ0) is 18.7. The Morgan fingerprint density at radius 3 is 2.31 bits per heavy atom. The average Bonchev–Trinajstić information content (AvgIpc) is 2.61. The van der Waals surface area contributed by atoms with Crippen LogP contribution in [0.4, 0.5) is 23.2 Å². The second kappa shape index (κ2) is 8.00. The van der Waals surface area contributed by atoms with Crippen molar-refractivity contribution in [1.29, 1.82) is 0 Å². The quantitative estimate of drug-likeness (QED) is 0.821. The Labute approximate surface area is 150 Å². The normalized spacial score (nSPS) is 25.3. The molecule has 8 heteroatoms. The molecule has 0 amide bonds. The lowest BCUT2D eigenvalue weighted by atomic mass is 9.90. The van der Waals surface area contributed by atoms with Gasteiger partial charge in [0.05, 0.1) is 5.69 Å². The Kier molecular flexibility index (Phi) is 5.92. The van der Waals surface area contributed by atoms with E-state index >= 15 is 0 Å². The summed E-state index contributed by atoms with van der Waals surface area (Å²) in [5.74, 6) is -0.413. The third kappa shape index (κ3) is 5.01. The van der Waals surface area contributed by atoms with Gasteiger partial charge in [0.1, 0.15) is 11.6 Å². The maximum atomic E-state index is 13.7. The van der Waals surface area contributed by atoms with Gasteiger partial charge in [0.15, 0.2) is 6.61 Å². The molecule has 1 aliphatic carbocycles. The van der Waals surface area contributed by atoms with Crippen molar-refractivity contribution in [3.05, 3.63) is 24.0 Å². The summed E-state index contributed by atoms with van der Waals surface area (Å²) in [5, 5.41) is 0. The van der Waals surface area contributed by atoms with Crippen molar-refractivity contribution in [2.24, 2.45) is 5.73 Å². The molecule has 0 unspecified atom stereocenters. The Bertz CT molecular complexity index is 595. The lowest BCUT2D eigenvalue weighted by Crippen LogP contribution is -2.52. The van der Waals surface area contributed by atoms with Gasteiger partial charge in [-0.05, 0) is 37.8 Å². The molecule has 1 heterocycles. The molecule has 0 atom stereocenters. The maximum Gasteiger partial charge on any atom is 0.422 e. The highest BCUT2D eigenvalue weighted by Crippen LogP contribution is 2.32. The van der Waals surface area contributed by atoms with Gasteiger partial charge in [0.25, 0.3) is 0 Å². The second-order valence-electron chi connectivity index (χ2n) is 7.11. The third-order valence-corrected chi connectivity index (χ3v) is 5.23. The molecule has 3 rings (SSSR count). The largest absolute Gasteiger partial charge is 0.482 e. The zero-order valence-electron chi connectivity index (χ0n) is 14.6. The Balaban J connectivity index is 1.62. The minimum Gasteiger partial charge on any atom is -0.482 e. The monoisotopic (exact) mass is 375 g/mol. The van der Waals surface area contributed by atoms with Crippen molar-refractivity contribution in [3.8, 4) is 5.75 Å². The van der Waals surface area contributed by atoms with Crippen molar-refractivity contribution < 1.29 is 22.3 Å². The number of benzene rings is 1. The van der Waals surface area contributed by atoms with Gasteiger partial charge in [-0.1, -0.05) is 0 Å². The van der Waals surface area contributed by atoms with E-state index in [1.807, 2.05) is 4.90 Å². The zero-order valence-corrected chi connectivity index (χ0v) is 14.6. The van der Waals surface area contributed by atoms with E-state index in [0.717, 1.165) is 44.8 Å². The molecule has 1 saturated carbocycles. The van der Waals surface area contributed by atoms with Crippen LogP contribution in [-0.2, 0) is 0 Å². The van der Waals surface area contributed by atoms with Crippen LogP contribution in [0.2, 0.25) is 0 Å². The summed E-state index contributed by atoms with van der Waals surface area (Å²) in [6.45, 7) is 1.49. The first-order valence-corrected chi connectivity index (χ1v) is 9.05. The Morgan fingerprint density at radius 2 is 1.69 bits per heavy atom. The van der Waals surface area contributed by atoms with Crippen LogP contribution in [0.25, 0.3) is 0 Å². The lowest BCUT2D eigenvalue weighted by molar-refractivity contribution is -0.153. The molecule has 1 aromatic rings. The van der Waals surface area contributed by atoms with E-state index in [2.05, 4.69) is 4.90 Å². The van der Waals surface area contributed by atoms with Crippen molar-refractivity contribution in [3.63, 3.8) is 0 Å². The summed E-state index contributed by atoms with van der Waals surface area (Å²) >= 11 is 0. The first kappa shape index (κ1) is 19.2. The van der Waals surface area contributed by atoms with Gasteiger partial charge in [-0.3, -0.25) is 4.90 Å². The first-order chi connectivity index (χ1) is 12.3. The minimum atomic E-state index is -4.42. The number of hydrogen-bond donors (Lipinski definition) is 1. The van der Waals surface area contributed by atoms with Gasteiger partial charge in [-0.25, -0.2) is 4.39 Å². The Hall–Kier alpha value is -1.54. The van der Waals surface area contributed by atoms with Gasteiger partial charge in [0.2, 0.25) is 0 Å². The molecule has 2 aliphatic rings. The topological polar surface area (TPSA) is 41.7 Å². The van der Waals surface area contributed by atoms with E-state index in [1.165, 1.54) is 12.1 Å². The van der Waals surface area contributed by atoms with Gasteiger partial charge in [0, 0.05) is 44.3 Å².